The largest absolute Gasteiger partial charge is 0.392 e. The molecule has 8 heteroatoms. The fourth-order valence-corrected chi connectivity index (χ4v) is 4.01. The summed E-state index contributed by atoms with van der Waals surface area (Å²) in [5, 5.41) is 0.524. The van der Waals surface area contributed by atoms with Crippen LogP contribution in [0.2, 0.25) is 10.0 Å². The first-order chi connectivity index (χ1) is 8.77. The van der Waals surface area contributed by atoms with Crippen molar-refractivity contribution in [3.05, 3.63) is 28.2 Å². The minimum atomic E-state index is -3.71. The molecule has 0 aliphatic carbocycles. The first-order valence-electron chi connectivity index (χ1n) is 5.52. The van der Waals surface area contributed by atoms with Crippen LogP contribution in [0.3, 0.4) is 0 Å². The van der Waals surface area contributed by atoms with Crippen molar-refractivity contribution in [1.29, 1.82) is 0 Å². The second-order valence-corrected chi connectivity index (χ2v) is 7.25. The number of hydrogen-bond acceptors (Lipinski definition) is 3. The van der Waals surface area contributed by atoms with Crippen molar-refractivity contribution in [3.8, 4) is 0 Å². The average molecular weight is 341 g/mol. The Bertz CT molecular complexity index is 556. The highest BCUT2D eigenvalue weighted by Crippen LogP contribution is 2.24. The lowest BCUT2D eigenvalue weighted by atomic mass is 10.4. The monoisotopic (exact) mass is 340 g/mol. The molecule has 0 unspecified atom stereocenters. The maximum Gasteiger partial charge on any atom is 0.243 e. The molecule has 0 heterocycles. The van der Waals surface area contributed by atoms with Gasteiger partial charge in [0.25, 0.3) is 0 Å². The normalized spacial score (nSPS) is 11.8. The van der Waals surface area contributed by atoms with Gasteiger partial charge < -0.3 is 5.73 Å². The van der Waals surface area contributed by atoms with Crippen LogP contribution in [0.4, 0.5) is 0 Å². The van der Waals surface area contributed by atoms with E-state index in [0.717, 1.165) is 0 Å². The third-order valence-electron chi connectivity index (χ3n) is 2.28. The van der Waals surface area contributed by atoms with E-state index in [1.54, 1.807) is 0 Å². The molecule has 1 rings (SSSR count). The third-order valence-corrected chi connectivity index (χ3v) is 4.67. The topological polar surface area (TPSA) is 63.4 Å². The molecule has 0 atom stereocenters. The van der Waals surface area contributed by atoms with Gasteiger partial charge in [-0.05, 0) is 24.6 Å². The van der Waals surface area contributed by atoms with Gasteiger partial charge in [-0.2, -0.15) is 4.31 Å². The van der Waals surface area contributed by atoms with E-state index in [2.05, 4.69) is 0 Å². The van der Waals surface area contributed by atoms with Gasteiger partial charge in [0.15, 0.2) is 0 Å². The molecule has 0 radical (unpaired) electrons. The summed E-state index contributed by atoms with van der Waals surface area (Å²) in [4.78, 5) is 0.153. The summed E-state index contributed by atoms with van der Waals surface area (Å²) in [5.74, 6) is 0. The van der Waals surface area contributed by atoms with Crippen LogP contribution in [0.5, 0.6) is 0 Å². The van der Waals surface area contributed by atoms with Crippen molar-refractivity contribution in [1.82, 2.24) is 4.31 Å². The first-order valence-corrected chi connectivity index (χ1v) is 8.12. The fraction of sp³-hybridized carbons (Fsp3) is 0.364. The second-order valence-electron chi connectivity index (χ2n) is 3.91. The molecule has 1 aromatic rings. The van der Waals surface area contributed by atoms with Gasteiger partial charge >= 0.3 is 0 Å². The van der Waals surface area contributed by atoms with Crippen LogP contribution in [-0.2, 0) is 10.0 Å². The minimum absolute atomic E-state index is 0.00433. The zero-order valence-electron chi connectivity index (χ0n) is 10.3. The molecule has 19 heavy (non-hydrogen) atoms. The Morgan fingerprint density at radius 1 is 1.32 bits per heavy atom. The van der Waals surface area contributed by atoms with Crippen molar-refractivity contribution < 1.29 is 8.42 Å². The highest BCUT2D eigenvalue weighted by molar-refractivity contribution is 7.89. The van der Waals surface area contributed by atoms with Crippen molar-refractivity contribution in [2.75, 3.05) is 13.1 Å². The lowest BCUT2D eigenvalue weighted by Gasteiger charge is -2.21. The Morgan fingerprint density at radius 3 is 2.26 bits per heavy atom. The fourth-order valence-electron chi connectivity index (χ4n) is 1.53. The van der Waals surface area contributed by atoms with Crippen LogP contribution in [-0.4, -0.2) is 30.8 Å². The molecule has 4 nitrogen and oxygen atoms in total. The zero-order chi connectivity index (χ0) is 14.6. The highest BCUT2D eigenvalue weighted by Gasteiger charge is 2.25. The summed E-state index contributed by atoms with van der Waals surface area (Å²) >= 11 is 16.4. The molecule has 0 spiro atoms. The Balaban J connectivity index is 3.21. The van der Waals surface area contributed by atoms with Crippen molar-refractivity contribution in [2.45, 2.75) is 18.2 Å². The maximum absolute atomic E-state index is 12.5. The SMILES string of the molecule is CCCN(CC(N)=S)S(=O)(=O)c1cc(Cl)cc(Cl)c1. The van der Waals surface area contributed by atoms with E-state index in [1.165, 1.54) is 22.5 Å². The Morgan fingerprint density at radius 2 is 1.84 bits per heavy atom. The number of thiocarbonyl (C=S) groups is 1. The van der Waals surface area contributed by atoms with Crippen LogP contribution in [0.1, 0.15) is 13.3 Å². The van der Waals surface area contributed by atoms with Crippen molar-refractivity contribution >= 4 is 50.4 Å². The van der Waals surface area contributed by atoms with Gasteiger partial charge in [0.2, 0.25) is 10.0 Å². The van der Waals surface area contributed by atoms with E-state index in [-0.39, 0.29) is 26.5 Å². The maximum atomic E-state index is 12.5. The molecule has 2 N–H and O–H groups in total. The van der Waals surface area contributed by atoms with Gasteiger partial charge in [0.1, 0.15) is 0 Å². The van der Waals surface area contributed by atoms with Gasteiger partial charge in [-0.15, -0.1) is 0 Å². The molecule has 0 aromatic heterocycles. The molecule has 0 saturated heterocycles. The molecule has 0 amide bonds. The molecule has 0 bridgehead atoms. The average Bonchev–Trinajstić information content (AvgIpc) is 2.26. The Hall–Kier alpha value is -0.400. The van der Waals surface area contributed by atoms with Gasteiger partial charge in [-0.1, -0.05) is 42.3 Å². The van der Waals surface area contributed by atoms with E-state index in [0.29, 0.717) is 13.0 Å². The standard InChI is InChI=1S/C11H14Cl2N2O2S2/c1-2-3-15(7-11(14)18)19(16,17)10-5-8(12)4-9(13)6-10/h4-6H,2-3,7H2,1H3,(H2,14,18). The van der Waals surface area contributed by atoms with Gasteiger partial charge in [0.05, 0.1) is 16.4 Å². The van der Waals surface area contributed by atoms with E-state index >= 15 is 0 Å². The summed E-state index contributed by atoms with van der Waals surface area (Å²) in [7, 11) is -3.71. The number of halogens is 2. The molecular weight excluding hydrogens is 327 g/mol. The summed E-state index contributed by atoms with van der Waals surface area (Å²) in [6.07, 6.45) is 0.649. The second kappa shape index (κ2) is 6.85. The van der Waals surface area contributed by atoms with Crippen molar-refractivity contribution in [2.24, 2.45) is 5.73 Å². The first kappa shape index (κ1) is 16.7. The summed E-state index contributed by atoms with van der Waals surface area (Å²) in [5.41, 5.74) is 5.43. The number of nitrogens with zero attached hydrogens (tertiary/aromatic N) is 1. The smallest absolute Gasteiger partial charge is 0.243 e. The molecule has 1 aromatic carbocycles. The van der Waals surface area contributed by atoms with Crippen LogP contribution in [0.25, 0.3) is 0 Å². The number of hydrogen-bond donors (Lipinski definition) is 1. The summed E-state index contributed by atoms with van der Waals surface area (Å²) in [6.45, 7) is 2.19. The van der Waals surface area contributed by atoms with E-state index in [9.17, 15) is 8.42 Å². The Labute approximate surface area is 128 Å². The summed E-state index contributed by atoms with van der Waals surface area (Å²) in [6, 6.07) is 4.18. The summed E-state index contributed by atoms with van der Waals surface area (Å²) < 4.78 is 26.1. The molecule has 106 valence electrons. The predicted octanol–water partition coefficient (Wildman–Crippen LogP) is 2.68. The Kier molecular flexibility index (Phi) is 6.01. The van der Waals surface area contributed by atoms with Crippen molar-refractivity contribution in [3.63, 3.8) is 0 Å². The quantitative estimate of drug-likeness (QED) is 0.808. The minimum Gasteiger partial charge on any atom is -0.392 e. The molecule has 0 saturated carbocycles. The van der Waals surface area contributed by atoms with Gasteiger partial charge in [-0.25, -0.2) is 8.42 Å². The lowest BCUT2D eigenvalue weighted by molar-refractivity contribution is 0.449. The molecule has 0 fully saturated rings. The number of benzene rings is 1. The molecule has 0 aliphatic heterocycles. The highest BCUT2D eigenvalue weighted by atomic mass is 35.5. The number of nitrogens with two attached hydrogens (primary N) is 1. The van der Waals surface area contributed by atoms with Gasteiger partial charge in [-0.3, -0.25) is 0 Å². The van der Waals surface area contributed by atoms with Crippen LogP contribution < -0.4 is 5.73 Å². The third kappa shape index (κ3) is 4.57. The van der Waals surface area contributed by atoms with E-state index in [4.69, 9.17) is 41.2 Å². The van der Waals surface area contributed by atoms with Crippen LogP contribution in [0, 0.1) is 0 Å². The number of sulfonamides is 1. The molecule has 0 aliphatic rings. The van der Waals surface area contributed by atoms with E-state index in [1.807, 2.05) is 6.92 Å². The lowest BCUT2D eigenvalue weighted by Crippen LogP contribution is -2.38. The van der Waals surface area contributed by atoms with E-state index < -0.39 is 10.0 Å². The predicted molar refractivity (Wildman–Crippen MR) is 82.3 cm³/mol. The molecular formula is C11H14Cl2N2O2S2. The van der Waals surface area contributed by atoms with Gasteiger partial charge in [0, 0.05) is 16.6 Å². The number of rotatable bonds is 6. The zero-order valence-corrected chi connectivity index (χ0v) is 13.4. The van der Waals surface area contributed by atoms with Crippen LogP contribution >= 0.6 is 35.4 Å². The van der Waals surface area contributed by atoms with Crippen LogP contribution in [0.15, 0.2) is 23.1 Å².